The van der Waals surface area contributed by atoms with Crippen LogP contribution in [-0.4, -0.2) is 45.8 Å². The number of fused-ring (bicyclic) bond motifs is 1. The molecule has 2 unspecified atom stereocenters. The van der Waals surface area contributed by atoms with Gasteiger partial charge in [0.05, 0.1) is 0 Å². The standard InChI is InChI=1S/C15H20N6/c1-10-4-2-6-12(17-10)14-18-15(20-19-14)21-7-3-5-11-8-16-9-13(11)21/h2,4,6,11,13,16H,3,5,7-9H2,1H3,(H,18,19,20). The summed E-state index contributed by atoms with van der Waals surface area (Å²) in [5, 5.41) is 11.0. The van der Waals surface area contributed by atoms with Gasteiger partial charge >= 0.3 is 0 Å². The number of H-pyrrole nitrogens is 1. The Morgan fingerprint density at radius 2 is 2.19 bits per heavy atom. The molecule has 6 nitrogen and oxygen atoms in total. The molecule has 0 amide bonds. The molecule has 21 heavy (non-hydrogen) atoms. The third kappa shape index (κ3) is 2.29. The van der Waals surface area contributed by atoms with Crippen molar-refractivity contribution in [3.05, 3.63) is 23.9 Å². The second-order valence-electron chi connectivity index (χ2n) is 5.97. The topological polar surface area (TPSA) is 69.7 Å². The molecular weight excluding hydrogens is 264 g/mol. The van der Waals surface area contributed by atoms with Crippen LogP contribution in [0.1, 0.15) is 18.5 Å². The number of rotatable bonds is 2. The fourth-order valence-electron chi connectivity index (χ4n) is 3.49. The van der Waals surface area contributed by atoms with Gasteiger partial charge in [0, 0.05) is 31.4 Å². The highest BCUT2D eigenvalue weighted by Gasteiger charge is 2.36. The molecule has 2 atom stereocenters. The number of hydrogen-bond donors (Lipinski definition) is 2. The first kappa shape index (κ1) is 12.8. The molecule has 2 fully saturated rings. The Balaban J connectivity index is 1.62. The van der Waals surface area contributed by atoms with Crippen molar-refractivity contribution in [1.82, 2.24) is 25.5 Å². The molecule has 0 bridgehead atoms. The van der Waals surface area contributed by atoms with E-state index < -0.39 is 0 Å². The predicted molar refractivity (Wildman–Crippen MR) is 81.1 cm³/mol. The summed E-state index contributed by atoms with van der Waals surface area (Å²) in [6.07, 6.45) is 2.53. The Hall–Kier alpha value is -1.95. The zero-order valence-corrected chi connectivity index (χ0v) is 12.2. The molecule has 0 aromatic carbocycles. The molecule has 2 saturated heterocycles. The molecule has 4 rings (SSSR count). The number of aromatic nitrogens is 4. The molecular formula is C15H20N6. The maximum Gasteiger partial charge on any atom is 0.245 e. The third-order valence-corrected chi connectivity index (χ3v) is 4.54. The number of aryl methyl sites for hydroxylation is 1. The molecule has 0 spiro atoms. The van der Waals surface area contributed by atoms with Crippen LogP contribution in [-0.2, 0) is 0 Å². The van der Waals surface area contributed by atoms with Gasteiger partial charge in [0.1, 0.15) is 5.69 Å². The van der Waals surface area contributed by atoms with Crippen molar-refractivity contribution in [2.75, 3.05) is 24.5 Å². The molecule has 2 aromatic heterocycles. The minimum atomic E-state index is 0.535. The number of pyridine rings is 1. The van der Waals surface area contributed by atoms with E-state index in [1.165, 1.54) is 12.8 Å². The van der Waals surface area contributed by atoms with Crippen LogP contribution < -0.4 is 10.2 Å². The first-order valence-electron chi connectivity index (χ1n) is 7.65. The van der Waals surface area contributed by atoms with Crippen molar-refractivity contribution in [1.29, 1.82) is 0 Å². The van der Waals surface area contributed by atoms with Crippen molar-refractivity contribution in [3.63, 3.8) is 0 Å². The Morgan fingerprint density at radius 3 is 3.10 bits per heavy atom. The summed E-state index contributed by atoms with van der Waals surface area (Å²) in [6, 6.07) is 6.48. The van der Waals surface area contributed by atoms with Crippen molar-refractivity contribution >= 4 is 5.95 Å². The van der Waals surface area contributed by atoms with Gasteiger partial charge in [-0.3, -0.25) is 5.10 Å². The van der Waals surface area contributed by atoms with Gasteiger partial charge in [-0.2, -0.15) is 4.98 Å². The summed E-state index contributed by atoms with van der Waals surface area (Å²) < 4.78 is 0. The largest absolute Gasteiger partial charge is 0.335 e. The number of aromatic amines is 1. The highest BCUT2D eigenvalue weighted by atomic mass is 15.4. The quantitative estimate of drug-likeness (QED) is 0.871. The Morgan fingerprint density at radius 1 is 1.24 bits per heavy atom. The Kier molecular flexibility index (Phi) is 3.11. The highest BCUT2D eigenvalue weighted by molar-refractivity contribution is 5.51. The van der Waals surface area contributed by atoms with Crippen LogP contribution >= 0.6 is 0 Å². The highest BCUT2D eigenvalue weighted by Crippen LogP contribution is 2.29. The van der Waals surface area contributed by atoms with Gasteiger partial charge in [0.2, 0.25) is 5.95 Å². The molecule has 2 aliphatic rings. The van der Waals surface area contributed by atoms with Crippen LogP contribution in [0, 0.1) is 12.8 Å². The van der Waals surface area contributed by atoms with Crippen molar-refractivity contribution in [2.24, 2.45) is 5.92 Å². The number of nitrogens with one attached hydrogen (secondary N) is 2. The molecule has 2 N–H and O–H groups in total. The molecule has 0 radical (unpaired) electrons. The Bertz CT molecular complexity index is 637. The molecule has 4 heterocycles. The normalized spacial score (nSPS) is 25.1. The van der Waals surface area contributed by atoms with Gasteiger partial charge in [-0.25, -0.2) is 4.98 Å². The van der Waals surface area contributed by atoms with Crippen LogP contribution in [0.4, 0.5) is 5.95 Å². The molecule has 0 aliphatic carbocycles. The molecule has 0 saturated carbocycles. The smallest absolute Gasteiger partial charge is 0.245 e. The average Bonchev–Trinajstić information content (AvgIpc) is 3.16. The molecule has 2 aromatic rings. The third-order valence-electron chi connectivity index (χ3n) is 4.54. The predicted octanol–water partition coefficient (Wildman–Crippen LogP) is 1.36. The lowest BCUT2D eigenvalue weighted by Gasteiger charge is -2.36. The van der Waals surface area contributed by atoms with E-state index >= 15 is 0 Å². The van der Waals surface area contributed by atoms with Gasteiger partial charge in [-0.1, -0.05) is 6.07 Å². The van der Waals surface area contributed by atoms with Gasteiger partial charge in [0.15, 0.2) is 5.82 Å². The maximum absolute atomic E-state index is 4.67. The summed E-state index contributed by atoms with van der Waals surface area (Å²) in [4.78, 5) is 11.5. The summed E-state index contributed by atoms with van der Waals surface area (Å²) >= 11 is 0. The van der Waals surface area contributed by atoms with E-state index in [1.807, 2.05) is 25.1 Å². The lowest BCUT2D eigenvalue weighted by atomic mass is 9.92. The summed E-state index contributed by atoms with van der Waals surface area (Å²) in [5.74, 6) is 2.30. The van der Waals surface area contributed by atoms with Crippen molar-refractivity contribution < 1.29 is 0 Å². The number of piperidine rings is 1. The van der Waals surface area contributed by atoms with E-state index in [9.17, 15) is 0 Å². The second-order valence-corrected chi connectivity index (χ2v) is 5.97. The van der Waals surface area contributed by atoms with E-state index in [1.54, 1.807) is 0 Å². The first-order valence-corrected chi connectivity index (χ1v) is 7.65. The maximum atomic E-state index is 4.67. The van der Waals surface area contributed by atoms with E-state index in [0.29, 0.717) is 6.04 Å². The average molecular weight is 284 g/mol. The monoisotopic (exact) mass is 284 g/mol. The number of nitrogens with zero attached hydrogens (tertiary/aromatic N) is 4. The minimum Gasteiger partial charge on any atom is -0.335 e. The van der Waals surface area contributed by atoms with Crippen molar-refractivity contribution in [2.45, 2.75) is 25.8 Å². The van der Waals surface area contributed by atoms with Gasteiger partial charge in [-0.15, -0.1) is 5.10 Å². The lowest BCUT2D eigenvalue weighted by molar-refractivity contribution is 0.381. The fourth-order valence-corrected chi connectivity index (χ4v) is 3.49. The minimum absolute atomic E-state index is 0.535. The SMILES string of the molecule is Cc1cccc(-c2nc(N3CCCC4CNCC43)n[nH]2)n1. The van der Waals surface area contributed by atoms with Crippen LogP contribution in [0.25, 0.3) is 11.5 Å². The molecule has 6 heteroatoms. The van der Waals surface area contributed by atoms with Gasteiger partial charge < -0.3 is 10.2 Å². The molecule has 2 aliphatic heterocycles. The first-order chi connectivity index (χ1) is 10.3. The van der Waals surface area contributed by atoms with Crippen LogP contribution in [0.15, 0.2) is 18.2 Å². The van der Waals surface area contributed by atoms with E-state index in [-0.39, 0.29) is 0 Å². The van der Waals surface area contributed by atoms with E-state index in [4.69, 9.17) is 0 Å². The number of anilines is 1. The summed E-state index contributed by atoms with van der Waals surface area (Å²) in [7, 11) is 0. The molecule has 110 valence electrons. The lowest BCUT2D eigenvalue weighted by Crippen LogP contribution is -2.45. The zero-order valence-electron chi connectivity index (χ0n) is 12.2. The Labute approximate surface area is 124 Å². The van der Waals surface area contributed by atoms with E-state index in [2.05, 4.69) is 30.4 Å². The van der Waals surface area contributed by atoms with Gasteiger partial charge in [0.25, 0.3) is 0 Å². The summed E-state index contributed by atoms with van der Waals surface area (Å²) in [6.45, 7) is 5.19. The second kappa shape index (κ2) is 5.11. The number of hydrogen-bond acceptors (Lipinski definition) is 5. The zero-order chi connectivity index (χ0) is 14.2. The summed E-state index contributed by atoms with van der Waals surface area (Å²) in [5.41, 5.74) is 1.84. The van der Waals surface area contributed by atoms with Crippen LogP contribution in [0.3, 0.4) is 0 Å². The van der Waals surface area contributed by atoms with Crippen LogP contribution in [0.5, 0.6) is 0 Å². The van der Waals surface area contributed by atoms with Crippen molar-refractivity contribution in [3.8, 4) is 11.5 Å². The fraction of sp³-hybridized carbons (Fsp3) is 0.533. The van der Waals surface area contributed by atoms with Gasteiger partial charge in [-0.05, 0) is 37.8 Å². The van der Waals surface area contributed by atoms with E-state index in [0.717, 1.165) is 48.7 Å². The van der Waals surface area contributed by atoms with Crippen LogP contribution in [0.2, 0.25) is 0 Å².